The van der Waals surface area contributed by atoms with E-state index in [1.54, 1.807) is 23.1 Å². The normalized spacial score (nSPS) is 17.1. The van der Waals surface area contributed by atoms with Crippen LogP contribution in [0.2, 0.25) is 0 Å². The first-order chi connectivity index (χ1) is 13.1. The monoisotopic (exact) mass is 369 g/mol. The van der Waals surface area contributed by atoms with E-state index in [0.29, 0.717) is 24.5 Å². The van der Waals surface area contributed by atoms with Crippen molar-refractivity contribution >= 4 is 5.91 Å². The fraction of sp³-hybridized carbons (Fsp3) is 0.250. The number of nitrogens with zero attached hydrogens (tertiary/aromatic N) is 3. The Morgan fingerprint density at radius 3 is 2.67 bits per heavy atom. The van der Waals surface area contributed by atoms with Crippen molar-refractivity contribution in [3.63, 3.8) is 0 Å². The highest BCUT2D eigenvalue weighted by atomic mass is 19.1. The van der Waals surface area contributed by atoms with Gasteiger partial charge in [0.15, 0.2) is 0 Å². The van der Waals surface area contributed by atoms with Crippen molar-refractivity contribution in [2.24, 2.45) is 0 Å². The Balaban J connectivity index is 1.51. The summed E-state index contributed by atoms with van der Waals surface area (Å²) in [7, 11) is 0. The van der Waals surface area contributed by atoms with Gasteiger partial charge in [0.2, 0.25) is 11.7 Å². The van der Waals surface area contributed by atoms with Crippen LogP contribution in [-0.4, -0.2) is 34.0 Å². The van der Waals surface area contributed by atoms with Gasteiger partial charge in [-0.15, -0.1) is 0 Å². The number of likely N-dealkylation sites (tertiary alicyclic amines) is 1. The van der Waals surface area contributed by atoms with Crippen LogP contribution in [0.5, 0.6) is 0 Å². The summed E-state index contributed by atoms with van der Waals surface area (Å²) >= 11 is 0. The van der Waals surface area contributed by atoms with Crippen LogP contribution in [0, 0.1) is 11.6 Å². The Kier molecular flexibility index (Phi) is 4.66. The third-order valence-corrected chi connectivity index (χ3v) is 4.71. The van der Waals surface area contributed by atoms with Crippen molar-refractivity contribution in [1.29, 1.82) is 0 Å². The highest BCUT2D eigenvalue weighted by Gasteiger charge is 2.29. The molecule has 0 N–H and O–H groups in total. The molecular weight excluding hydrogens is 352 g/mol. The van der Waals surface area contributed by atoms with Gasteiger partial charge in [-0.05, 0) is 49.2 Å². The van der Waals surface area contributed by atoms with Gasteiger partial charge in [0.05, 0.1) is 11.5 Å². The molecule has 0 spiro atoms. The minimum atomic E-state index is -0.415. The molecule has 2 heterocycles. The van der Waals surface area contributed by atoms with Crippen LogP contribution in [0.3, 0.4) is 0 Å². The SMILES string of the molecule is O=C(c1ccc(F)cc1)N1CCC[C@H](c2nc(-c3ccccc3F)no2)C1. The molecule has 1 saturated heterocycles. The number of carbonyl (C=O) groups excluding carboxylic acids is 1. The summed E-state index contributed by atoms with van der Waals surface area (Å²) in [5.41, 5.74) is 0.720. The molecule has 138 valence electrons. The summed E-state index contributed by atoms with van der Waals surface area (Å²) in [5.74, 6) is -0.476. The second-order valence-corrected chi connectivity index (χ2v) is 6.53. The number of aromatic nitrogens is 2. The minimum Gasteiger partial charge on any atom is -0.339 e. The molecule has 0 saturated carbocycles. The molecule has 1 aliphatic heterocycles. The van der Waals surface area contributed by atoms with Crippen LogP contribution >= 0.6 is 0 Å². The summed E-state index contributed by atoms with van der Waals surface area (Å²) < 4.78 is 32.3. The Morgan fingerprint density at radius 1 is 1.11 bits per heavy atom. The Bertz CT molecular complexity index is 956. The summed E-state index contributed by atoms with van der Waals surface area (Å²) in [6, 6.07) is 11.7. The van der Waals surface area contributed by atoms with Crippen LogP contribution in [0.25, 0.3) is 11.4 Å². The van der Waals surface area contributed by atoms with E-state index in [1.165, 1.54) is 30.3 Å². The first-order valence-electron chi connectivity index (χ1n) is 8.75. The number of halogens is 2. The number of carbonyl (C=O) groups is 1. The van der Waals surface area contributed by atoms with Gasteiger partial charge in [0.1, 0.15) is 11.6 Å². The molecule has 2 aromatic carbocycles. The lowest BCUT2D eigenvalue weighted by Crippen LogP contribution is -2.39. The Morgan fingerprint density at radius 2 is 1.89 bits per heavy atom. The van der Waals surface area contributed by atoms with Crippen LogP contribution in [-0.2, 0) is 0 Å². The van der Waals surface area contributed by atoms with Crippen molar-refractivity contribution in [2.45, 2.75) is 18.8 Å². The molecule has 0 aliphatic carbocycles. The van der Waals surface area contributed by atoms with Gasteiger partial charge in [-0.3, -0.25) is 4.79 Å². The fourth-order valence-corrected chi connectivity index (χ4v) is 3.29. The molecule has 1 aromatic heterocycles. The standard InChI is InChI=1S/C20H17F2N3O2/c21-15-9-7-13(8-10-15)20(26)25-11-3-4-14(12-25)19-23-18(24-27-19)16-5-1-2-6-17(16)22/h1-2,5-10,14H,3-4,11-12H2/t14-/m0/s1. The van der Waals surface area contributed by atoms with Gasteiger partial charge in [-0.25, -0.2) is 8.78 Å². The van der Waals surface area contributed by atoms with E-state index in [2.05, 4.69) is 10.1 Å². The molecule has 1 atom stereocenters. The van der Waals surface area contributed by atoms with E-state index in [-0.39, 0.29) is 29.0 Å². The van der Waals surface area contributed by atoms with E-state index < -0.39 is 5.82 Å². The van der Waals surface area contributed by atoms with Crippen LogP contribution in [0.1, 0.15) is 35.0 Å². The third-order valence-electron chi connectivity index (χ3n) is 4.71. The second kappa shape index (κ2) is 7.26. The third kappa shape index (κ3) is 3.58. The van der Waals surface area contributed by atoms with Crippen molar-refractivity contribution < 1.29 is 18.1 Å². The molecule has 3 aromatic rings. The van der Waals surface area contributed by atoms with E-state index in [1.807, 2.05) is 0 Å². The van der Waals surface area contributed by atoms with Gasteiger partial charge in [0, 0.05) is 18.7 Å². The topological polar surface area (TPSA) is 59.2 Å². The first-order valence-corrected chi connectivity index (χ1v) is 8.75. The molecule has 1 amide bonds. The maximum absolute atomic E-state index is 13.9. The van der Waals surface area contributed by atoms with E-state index in [9.17, 15) is 13.6 Å². The number of hydrogen-bond donors (Lipinski definition) is 0. The zero-order chi connectivity index (χ0) is 18.8. The summed E-state index contributed by atoms with van der Waals surface area (Å²) in [6.07, 6.45) is 1.58. The Labute approximate surface area is 154 Å². The maximum Gasteiger partial charge on any atom is 0.253 e. The lowest BCUT2D eigenvalue weighted by molar-refractivity contribution is 0.0695. The van der Waals surface area contributed by atoms with Crippen molar-refractivity contribution in [1.82, 2.24) is 15.0 Å². The van der Waals surface area contributed by atoms with Crippen molar-refractivity contribution in [3.8, 4) is 11.4 Å². The van der Waals surface area contributed by atoms with Gasteiger partial charge in [0.25, 0.3) is 5.91 Å². The molecule has 4 rings (SSSR count). The molecule has 27 heavy (non-hydrogen) atoms. The van der Waals surface area contributed by atoms with Gasteiger partial charge < -0.3 is 9.42 Å². The van der Waals surface area contributed by atoms with E-state index >= 15 is 0 Å². The second-order valence-electron chi connectivity index (χ2n) is 6.53. The number of amides is 1. The molecule has 7 heteroatoms. The molecule has 0 unspecified atom stereocenters. The summed E-state index contributed by atoms with van der Waals surface area (Å²) in [5, 5.41) is 3.89. The van der Waals surface area contributed by atoms with Crippen LogP contribution < -0.4 is 0 Å². The average Bonchev–Trinajstić information content (AvgIpc) is 3.18. The predicted molar refractivity (Wildman–Crippen MR) is 94.0 cm³/mol. The molecule has 5 nitrogen and oxygen atoms in total. The largest absolute Gasteiger partial charge is 0.339 e. The highest BCUT2D eigenvalue weighted by Crippen LogP contribution is 2.29. The molecule has 0 radical (unpaired) electrons. The number of piperidine rings is 1. The van der Waals surface area contributed by atoms with Gasteiger partial charge in [-0.1, -0.05) is 17.3 Å². The first kappa shape index (κ1) is 17.3. The predicted octanol–water partition coefficient (Wildman–Crippen LogP) is 4.03. The van der Waals surface area contributed by atoms with Crippen molar-refractivity contribution in [3.05, 3.63) is 71.6 Å². The maximum atomic E-state index is 13.9. The summed E-state index contributed by atoms with van der Waals surface area (Å²) in [4.78, 5) is 18.7. The lowest BCUT2D eigenvalue weighted by atomic mass is 9.97. The van der Waals surface area contributed by atoms with Gasteiger partial charge in [-0.2, -0.15) is 4.98 Å². The quantitative estimate of drug-likeness (QED) is 0.699. The number of rotatable bonds is 3. The van der Waals surface area contributed by atoms with E-state index in [4.69, 9.17) is 4.52 Å². The zero-order valence-corrected chi connectivity index (χ0v) is 14.4. The zero-order valence-electron chi connectivity index (χ0n) is 14.4. The fourth-order valence-electron chi connectivity index (χ4n) is 3.29. The lowest BCUT2D eigenvalue weighted by Gasteiger charge is -2.31. The average molecular weight is 369 g/mol. The van der Waals surface area contributed by atoms with Gasteiger partial charge >= 0.3 is 0 Å². The smallest absolute Gasteiger partial charge is 0.253 e. The van der Waals surface area contributed by atoms with Crippen LogP contribution in [0.4, 0.5) is 8.78 Å². The highest BCUT2D eigenvalue weighted by molar-refractivity contribution is 5.94. The molecule has 1 aliphatic rings. The van der Waals surface area contributed by atoms with E-state index in [0.717, 1.165) is 12.8 Å². The summed E-state index contributed by atoms with van der Waals surface area (Å²) in [6.45, 7) is 1.04. The molecule has 1 fully saturated rings. The number of benzene rings is 2. The molecular formula is C20H17F2N3O2. The minimum absolute atomic E-state index is 0.115. The Hall–Kier alpha value is -3.09. The van der Waals surface area contributed by atoms with Crippen LogP contribution in [0.15, 0.2) is 53.1 Å². The number of hydrogen-bond acceptors (Lipinski definition) is 4. The molecule has 0 bridgehead atoms. The van der Waals surface area contributed by atoms with Crippen molar-refractivity contribution in [2.75, 3.05) is 13.1 Å².